The molecular formula is C21H19F3N2O3. The van der Waals surface area contributed by atoms with Crippen molar-refractivity contribution in [3.8, 4) is 0 Å². The van der Waals surface area contributed by atoms with E-state index in [0.29, 0.717) is 17.7 Å². The second-order valence-corrected chi connectivity index (χ2v) is 6.37. The molecule has 0 aliphatic rings. The third-order valence-electron chi connectivity index (χ3n) is 4.37. The van der Waals surface area contributed by atoms with Gasteiger partial charge in [-0.2, -0.15) is 13.2 Å². The maximum atomic E-state index is 12.8. The zero-order chi connectivity index (χ0) is 20.9. The summed E-state index contributed by atoms with van der Waals surface area (Å²) >= 11 is 0. The molecule has 0 bridgehead atoms. The first-order valence-electron chi connectivity index (χ1n) is 8.78. The third kappa shape index (κ3) is 5.45. The lowest BCUT2D eigenvalue weighted by Gasteiger charge is -2.20. The van der Waals surface area contributed by atoms with Crippen LogP contribution in [0.3, 0.4) is 0 Å². The lowest BCUT2D eigenvalue weighted by molar-refractivity contribution is -0.137. The fourth-order valence-corrected chi connectivity index (χ4v) is 2.78. The fourth-order valence-electron chi connectivity index (χ4n) is 2.78. The number of aromatic nitrogens is 2. The summed E-state index contributed by atoms with van der Waals surface area (Å²) in [5.74, 6) is -0.430. The van der Waals surface area contributed by atoms with Gasteiger partial charge in [0.15, 0.2) is 0 Å². The minimum Gasteiger partial charge on any atom is -0.465 e. The van der Waals surface area contributed by atoms with Crippen molar-refractivity contribution in [1.29, 1.82) is 0 Å². The summed E-state index contributed by atoms with van der Waals surface area (Å²) in [6, 6.07) is 11.7. The number of hydrogen-bond donors (Lipinski definition) is 0. The predicted molar refractivity (Wildman–Crippen MR) is 99.0 cm³/mol. The Balaban J connectivity index is 1.74. The molecular weight excluding hydrogens is 385 g/mol. The van der Waals surface area contributed by atoms with Crippen LogP contribution < -0.4 is 0 Å². The van der Waals surface area contributed by atoms with Gasteiger partial charge >= 0.3 is 12.1 Å². The maximum Gasteiger partial charge on any atom is 0.416 e. The SMILES string of the molecule is COC(=O)c1ccc(COC(Cn2ccnc2)c2ccc(C(F)(F)F)cc2)cc1. The molecule has 0 fully saturated rings. The summed E-state index contributed by atoms with van der Waals surface area (Å²) in [5, 5.41) is 0. The van der Waals surface area contributed by atoms with Crippen molar-refractivity contribution in [3.05, 3.63) is 89.5 Å². The number of methoxy groups -OCH3 is 1. The zero-order valence-corrected chi connectivity index (χ0v) is 15.6. The first kappa shape index (κ1) is 20.6. The van der Waals surface area contributed by atoms with Gasteiger partial charge < -0.3 is 14.0 Å². The molecule has 1 unspecified atom stereocenters. The van der Waals surface area contributed by atoms with Gasteiger partial charge in [-0.25, -0.2) is 9.78 Å². The molecule has 0 amide bonds. The smallest absolute Gasteiger partial charge is 0.416 e. The summed E-state index contributed by atoms with van der Waals surface area (Å²) in [6.45, 7) is 0.618. The zero-order valence-electron chi connectivity index (χ0n) is 15.6. The van der Waals surface area contributed by atoms with E-state index in [0.717, 1.165) is 17.7 Å². The summed E-state index contributed by atoms with van der Waals surface area (Å²) < 4.78 is 51.0. The minimum atomic E-state index is -4.39. The number of esters is 1. The maximum absolute atomic E-state index is 12.8. The number of nitrogens with zero attached hydrogens (tertiary/aromatic N) is 2. The summed E-state index contributed by atoms with van der Waals surface area (Å²) in [5.41, 5.74) is 1.16. The van der Waals surface area contributed by atoms with E-state index in [1.807, 2.05) is 0 Å². The molecule has 1 heterocycles. The van der Waals surface area contributed by atoms with Crippen molar-refractivity contribution in [2.45, 2.75) is 25.4 Å². The molecule has 0 N–H and O–H groups in total. The van der Waals surface area contributed by atoms with Crippen LogP contribution in [0.1, 0.15) is 33.2 Å². The highest BCUT2D eigenvalue weighted by Crippen LogP contribution is 2.31. The van der Waals surface area contributed by atoms with E-state index < -0.39 is 23.8 Å². The average Bonchev–Trinajstić information content (AvgIpc) is 3.23. The standard InChI is InChI=1S/C21H19F3N2O3/c1-28-20(27)17-4-2-15(3-5-17)13-29-19(12-26-11-10-25-14-26)16-6-8-18(9-7-16)21(22,23)24/h2-11,14,19H,12-13H2,1H3. The highest BCUT2D eigenvalue weighted by Gasteiger charge is 2.30. The van der Waals surface area contributed by atoms with Gasteiger partial charge in [-0.1, -0.05) is 24.3 Å². The van der Waals surface area contributed by atoms with Crippen LogP contribution in [0, 0.1) is 0 Å². The van der Waals surface area contributed by atoms with Gasteiger partial charge in [0.25, 0.3) is 0 Å². The van der Waals surface area contributed by atoms with Gasteiger partial charge in [-0.15, -0.1) is 0 Å². The fraction of sp³-hybridized carbons (Fsp3) is 0.238. The second-order valence-electron chi connectivity index (χ2n) is 6.37. The van der Waals surface area contributed by atoms with Crippen molar-refractivity contribution in [3.63, 3.8) is 0 Å². The molecule has 2 aromatic carbocycles. The lowest BCUT2D eigenvalue weighted by Crippen LogP contribution is -2.13. The summed E-state index contributed by atoms with van der Waals surface area (Å²) in [6.07, 6.45) is 0.124. The van der Waals surface area contributed by atoms with Crippen LogP contribution in [-0.4, -0.2) is 22.6 Å². The Kier molecular flexibility index (Phi) is 6.33. The van der Waals surface area contributed by atoms with E-state index in [-0.39, 0.29) is 6.61 Å². The Morgan fingerprint density at radius 1 is 1.10 bits per heavy atom. The molecule has 0 radical (unpaired) electrons. The van der Waals surface area contributed by atoms with Gasteiger partial charge in [0.05, 0.1) is 37.7 Å². The van der Waals surface area contributed by atoms with Crippen molar-refractivity contribution < 1.29 is 27.4 Å². The normalized spacial score (nSPS) is 12.6. The molecule has 3 aromatic rings. The van der Waals surface area contributed by atoms with Crippen molar-refractivity contribution in [1.82, 2.24) is 9.55 Å². The minimum absolute atomic E-state index is 0.224. The number of benzene rings is 2. The molecule has 3 rings (SSSR count). The predicted octanol–water partition coefficient (Wildman–Crippen LogP) is 4.65. The van der Waals surface area contributed by atoms with Crippen LogP contribution in [0.4, 0.5) is 13.2 Å². The molecule has 8 heteroatoms. The summed E-state index contributed by atoms with van der Waals surface area (Å²) in [7, 11) is 1.31. The van der Waals surface area contributed by atoms with Crippen LogP contribution in [-0.2, 0) is 28.8 Å². The van der Waals surface area contributed by atoms with Crippen LogP contribution in [0.5, 0.6) is 0 Å². The molecule has 152 valence electrons. The topological polar surface area (TPSA) is 53.4 Å². The van der Waals surface area contributed by atoms with Gasteiger partial charge in [0.1, 0.15) is 6.10 Å². The van der Waals surface area contributed by atoms with E-state index in [4.69, 9.17) is 4.74 Å². The lowest BCUT2D eigenvalue weighted by atomic mass is 10.1. The van der Waals surface area contributed by atoms with Crippen molar-refractivity contribution >= 4 is 5.97 Å². The Labute approximate surface area is 165 Å². The van der Waals surface area contributed by atoms with Gasteiger partial charge in [0.2, 0.25) is 0 Å². The number of carbonyl (C=O) groups is 1. The molecule has 0 spiro atoms. The number of imidazole rings is 1. The first-order chi connectivity index (χ1) is 13.9. The third-order valence-corrected chi connectivity index (χ3v) is 4.37. The molecule has 0 saturated heterocycles. The molecule has 5 nitrogen and oxygen atoms in total. The largest absolute Gasteiger partial charge is 0.465 e. The molecule has 1 aromatic heterocycles. The van der Waals surface area contributed by atoms with E-state index in [1.54, 1.807) is 47.6 Å². The number of halogens is 3. The quantitative estimate of drug-likeness (QED) is 0.538. The van der Waals surface area contributed by atoms with E-state index in [1.165, 1.54) is 19.2 Å². The van der Waals surface area contributed by atoms with Crippen LogP contribution >= 0.6 is 0 Å². The molecule has 0 aliphatic carbocycles. The molecule has 1 atom stereocenters. The van der Waals surface area contributed by atoms with Gasteiger partial charge in [0, 0.05) is 12.4 Å². The number of alkyl halides is 3. The number of rotatable bonds is 7. The molecule has 29 heavy (non-hydrogen) atoms. The highest BCUT2D eigenvalue weighted by molar-refractivity contribution is 5.89. The van der Waals surface area contributed by atoms with Crippen molar-refractivity contribution in [2.75, 3.05) is 7.11 Å². The first-order valence-corrected chi connectivity index (χ1v) is 8.78. The van der Waals surface area contributed by atoms with Crippen LogP contribution in [0.2, 0.25) is 0 Å². The Morgan fingerprint density at radius 3 is 2.34 bits per heavy atom. The average molecular weight is 404 g/mol. The Morgan fingerprint density at radius 2 is 1.79 bits per heavy atom. The Bertz CT molecular complexity index is 921. The highest BCUT2D eigenvalue weighted by atomic mass is 19.4. The number of ether oxygens (including phenoxy) is 2. The monoisotopic (exact) mass is 404 g/mol. The van der Waals surface area contributed by atoms with Gasteiger partial charge in [-0.05, 0) is 35.4 Å². The second kappa shape index (κ2) is 8.91. The van der Waals surface area contributed by atoms with E-state index >= 15 is 0 Å². The van der Waals surface area contributed by atoms with E-state index in [2.05, 4.69) is 9.72 Å². The Hall–Kier alpha value is -3.13. The number of carbonyl (C=O) groups excluding carboxylic acids is 1. The van der Waals surface area contributed by atoms with Gasteiger partial charge in [-0.3, -0.25) is 0 Å². The van der Waals surface area contributed by atoms with Crippen molar-refractivity contribution in [2.24, 2.45) is 0 Å². The summed E-state index contributed by atoms with van der Waals surface area (Å²) in [4.78, 5) is 15.5. The van der Waals surface area contributed by atoms with Crippen LogP contribution in [0.15, 0.2) is 67.3 Å². The molecule has 0 saturated carbocycles. The van der Waals surface area contributed by atoms with Crippen LogP contribution in [0.25, 0.3) is 0 Å². The van der Waals surface area contributed by atoms with E-state index in [9.17, 15) is 18.0 Å². The molecule has 0 aliphatic heterocycles. The number of hydrogen-bond acceptors (Lipinski definition) is 4.